The molecule has 0 saturated carbocycles. The number of aromatic nitrogens is 1. The van der Waals surface area contributed by atoms with Gasteiger partial charge in [-0.3, -0.25) is 4.90 Å². The van der Waals surface area contributed by atoms with Crippen LogP contribution < -0.4 is 5.32 Å². The summed E-state index contributed by atoms with van der Waals surface area (Å²) in [4.78, 5) is 4.40. The van der Waals surface area contributed by atoms with Crippen molar-refractivity contribution in [3.63, 3.8) is 0 Å². The van der Waals surface area contributed by atoms with Gasteiger partial charge in [-0.05, 0) is 23.8 Å². The molecule has 0 amide bonds. The number of nitrogens with zero attached hydrogens (tertiary/aromatic N) is 2. The highest BCUT2D eigenvalue weighted by Gasteiger charge is 2.36. The lowest BCUT2D eigenvalue weighted by molar-refractivity contribution is -0.231. The Morgan fingerprint density at radius 1 is 1.38 bits per heavy atom. The van der Waals surface area contributed by atoms with Gasteiger partial charge in [0.15, 0.2) is 0 Å². The minimum atomic E-state index is -4.36. The molecule has 86 valence electrons. The summed E-state index contributed by atoms with van der Waals surface area (Å²) in [5, 5.41) is 2.80. The van der Waals surface area contributed by atoms with Gasteiger partial charge in [-0.25, -0.2) is 4.98 Å². The predicted molar refractivity (Wildman–Crippen MR) is 54.4 cm³/mol. The van der Waals surface area contributed by atoms with Crippen molar-refractivity contribution in [3.8, 4) is 0 Å². The van der Waals surface area contributed by atoms with E-state index in [1.807, 2.05) is 0 Å². The normalized spacial score (nSPS) is 14.9. The summed E-state index contributed by atoms with van der Waals surface area (Å²) in [6.07, 6.45) is -1.91. The van der Waals surface area contributed by atoms with Crippen molar-refractivity contribution in [3.05, 3.63) is 29.6 Å². The van der Waals surface area contributed by atoms with Gasteiger partial charge >= 0.3 is 6.30 Å². The van der Waals surface area contributed by atoms with Crippen LogP contribution in [0.4, 0.5) is 19.0 Å². The molecule has 3 nitrogen and oxygen atoms in total. The average molecular weight is 229 g/mol. The number of rotatable bonds is 1. The summed E-state index contributed by atoms with van der Waals surface area (Å²) >= 11 is 0. The van der Waals surface area contributed by atoms with E-state index in [1.54, 1.807) is 19.2 Å². The van der Waals surface area contributed by atoms with Crippen molar-refractivity contribution in [1.29, 1.82) is 0 Å². The molecule has 0 fully saturated rings. The van der Waals surface area contributed by atoms with Crippen LogP contribution in [0.1, 0.15) is 11.3 Å². The van der Waals surface area contributed by atoms with Gasteiger partial charge in [0.2, 0.25) is 0 Å². The van der Waals surface area contributed by atoms with Crippen LogP contribution >= 0.6 is 0 Å². The van der Waals surface area contributed by atoms with E-state index < -0.39 is 6.30 Å². The maximum absolute atomic E-state index is 12.4. The van der Waals surface area contributed by atoms with Crippen LogP contribution in [0.2, 0.25) is 0 Å². The molecule has 16 heavy (non-hydrogen) atoms. The Morgan fingerprint density at radius 2 is 2.12 bits per heavy atom. The Kier molecular flexibility index (Phi) is 2.49. The van der Waals surface area contributed by atoms with E-state index in [9.17, 15) is 13.2 Å². The summed E-state index contributed by atoms with van der Waals surface area (Å²) in [6, 6.07) is 3.48. The number of nitrogens with one attached hydrogen (secondary N) is 1. The van der Waals surface area contributed by atoms with Crippen molar-refractivity contribution in [2.45, 2.75) is 12.8 Å². The molecule has 0 aromatic carbocycles. The van der Waals surface area contributed by atoms with Gasteiger partial charge in [-0.1, -0.05) is 0 Å². The van der Waals surface area contributed by atoms with E-state index in [-0.39, 0.29) is 6.54 Å². The smallest absolute Gasteiger partial charge is 0.373 e. The highest BCUT2D eigenvalue weighted by atomic mass is 19.4. The Morgan fingerprint density at radius 3 is 2.75 bits per heavy atom. The monoisotopic (exact) mass is 229 g/mol. The molecular formula is C10H10F3N3. The van der Waals surface area contributed by atoms with Crippen molar-refractivity contribution >= 4 is 11.9 Å². The first-order valence-electron chi connectivity index (χ1n) is 4.70. The topological polar surface area (TPSA) is 28.2 Å². The molecule has 0 aliphatic carbocycles. The second-order valence-electron chi connectivity index (χ2n) is 3.39. The third kappa shape index (κ3) is 1.95. The number of halogens is 3. The van der Waals surface area contributed by atoms with Gasteiger partial charge in [0.05, 0.1) is 12.2 Å². The first-order valence-corrected chi connectivity index (χ1v) is 4.70. The standard InChI is InChI=1S/C10H10F3N3/c1-14-9-3-2-7-4-5-16(10(11,12)13)6-8(7)15-9/h2-5H,6H2,1H3,(H,14,15). The second kappa shape index (κ2) is 3.70. The second-order valence-corrected chi connectivity index (χ2v) is 3.39. The molecule has 0 unspecified atom stereocenters. The fourth-order valence-electron chi connectivity index (χ4n) is 1.49. The van der Waals surface area contributed by atoms with Crippen LogP contribution in [0.25, 0.3) is 6.08 Å². The quantitative estimate of drug-likeness (QED) is 0.749. The molecule has 1 aliphatic rings. The summed E-state index contributed by atoms with van der Waals surface area (Å²) in [6.45, 7) is -0.245. The third-order valence-corrected chi connectivity index (χ3v) is 2.35. The van der Waals surface area contributed by atoms with Gasteiger partial charge < -0.3 is 5.32 Å². The number of hydrogen-bond acceptors (Lipinski definition) is 3. The average Bonchev–Trinajstić information content (AvgIpc) is 2.26. The largest absolute Gasteiger partial charge is 0.484 e. The maximum atomic E-state index is 12.4. The van der Waals surface area contributed by atoms with Crippen molar-refractivity contribution in [2.24, 2.45) is 0 Å². The van der Waals surface area contributed by atoms with Crippen LogP contribution in [-0.2, 0) is 6.54 Å². The summed E-state index contributed by atoms with van der Waals surface area (Å²) in [5.74, 6) is 0.566. The molecule has 6 heteroatoms. The zero-order valence-electron chi connectivity index (χ0n) is 8.54. The zero-order valence-corrected chi connectivity index (χ0v) is 8.54. The van der Waals surface area contributed by atoms with E-state index in [4.69, 9.17) is 0 Å². The number of alkyl halides is 3. The first-order chi connectivity index (χ1) is 7.50. The van der Waals surface area contributed by atoms with Gasteiger partial charge in [0, 0.05) is 13.2 Å². The SMILES string of the molecule is CNc1ccc2c(n1)CN(C(F)(F)F)C=C2. The number of pyridine rings is 1. The lowest BCUT2D eigenvalue weighted by Crippen LogP contribution is -2.34. The van der Waals surface area contributed by atoms with E-state index >= 15 is 0 Å². The Bertz CT molecular complexity index is 426. The number of anilines is 1. The molecule has 0 atom stereocenters. The van der Waals surface area contributed by atoms with Crippen LogP contribution in [0.15, 0.2) is 18.3 Å². The molecule has 2 rings (SSSR count). The molecule has 1 aliphatic heterocycles. The van der Waals surface area contributed by atoms with Crippen LogP contribution in [0.5, 0.6) is 0 Å². The molecule has 2 heterocycles. The van der Waals surface area contributed by atoms with Crippen molar-refractivity contribution < 1.29 is 13.2 Å². The Hall–Kier alpha value is -1.72. The van der Waals surface area contributed by atoms with E-state index in [0.29, 0.717) is 16.4 Å². The first kappa shape index (κ1) is 10.8. The number of hydrogen-bond donors (Lipinski definition) is 1. The van der Waals surface area contributed by atoms with Gasteiger partial charge in [-0.2, -0.15) is 13.2 Å². The highest BCUT2D eigenvalue weighted by Crippen LogP contribution is 2.28. The van der Waals surface area contributed by atoms with Crippen molar-refractivity contribution in [1.82, 2.24) is 9.88 Å². The van der Waals surface area contributed by atoms with Crippen LogP contribution in [0.3, 0.4) is 0 Å². The number of fused-ring (bicyclic) bond motifs is 1. The van der Waals surface area contributed by atoms with Gasteiger partial charge in [-0.15, -0.1) is 0 Å². The zero-order chi connectivity index (χ0) is 11.8. The maximum Gasteiger partial charge on any atom is 0.484 e. The molecular weight excluding hydrogens is 219 g/mol. The molecule has 0 saturated heterocycles. The fourth-order valence-corrected chi connectivity index (χ4v) is 1.49. The molecule has 1 aromatic heterocycles. The van der Waals surface area contributed by atoms with E-state index in [1.165, 1.54) is 6.08 Å². The fraction of sp³-hybridized carbons (Fsp3) is 0.300. The van der Waals surface area contributed by atoms with E-state index in [2.05, 4.69) is 10.3 Å². The van der Waals surface area contributed by atoms with Gasteiger partial charge in [0.25, 0.3) is 0 Å². The summed E-state index contributed by atoms with van der Waals surface area (Å²) in [5.41, 5.74) is 1.14. The Balaban J connectivity index is 2.31. The van der Waals surface area contributed by atoms with E-state index in [0.717, 1.165) is 11.8 Å². The van der Waals surface area contributed by atoms with Gasteiger partial charge in [0.1, 0.15) is 5.82 Å². The predicted octanol–water partition coefficient (Wildman–Crippen LogP) is 2.43. The molecule has 0 radical (unpaired) electrons. The van der Waals surface area contributed by atoms with Crippen LogP contribution in [0, 0.1) is 0 Å². The lowest BCUT2D eigenvalue weighted by Gasteiger charge is -2.26. The summed E-state index contributed by atoms with van der Waals surface area (Å²) < 4.78 is 37.3. The third-order valence-electron chi connectivity index (χ3n) is 2.35. The molecule has 1 aromatic rings. The van der Waals surface area contributed by atoms with Crippen LogP contribution in [-0.4, -0.2) is 23.2 Å². The molecule has 1 N–H and O–H groups in total. The van der Waals surface area contributed by atoms with Crippen molar-refractivity contribution in [2.75, 3.05) is 12.4 Å². The highest BCUT2D eigenvalue weighted by molar-refractivity contribution is 5.56. The minimum absolute atomic E-state index is 0.245. The minimum Gasteiger partial charge on any atom is -0.373 e. The molecule has 0 spiro atoms. The molecule has 0 bridgehead atoms. The lowest BCUT2D eigenvalue weighted by atomic mass is 10.1. The Labute approximate surface area is 90.6 Å². The summed E-state index contributed by atoms with van der Waals surface area (Å²) in [7, 11) is 1.68.